The van der Waals surface area contributed by atoms with Crippen LogP contribution in [0.3, 0.4) is 0 Å². The molecule has 0 aromatic heterocycles. The molecule has 22 heavy (non-hydrogen) atoms. The summed E-state index contributed by atoms with van der Waals surface area (Å²) in [6.45, 7) is 1.56. The third-order valence-electron chi connectivity index (χ3n) is 3.89. The van der Waals surface area contributed by atoms with Gasteiger partial charge in [0, 0.05) is 5.56 Å². The Bertz CT molecular complexity index is 744. The summed E-state index contributed by atoms with van der Waals surface area (Å²) in [5.74, 6) is 0.121. The Hall–Kier alpha value is -2.67. The lowest BCUT2D eigenvalue weighted by molar-refractivity contribution is 0.101. The number of rotatable bonds is 1. The third kappa shape index (κ3) is 2.99. The Morgan fingerprint density at radius 1 is 0.682 bits per heavy atom. The Balaban J connectivity index is 0.000000142. The maximum atomic E-state index is 10.6. The molecule has 1 aliphatic rings. The first-order valence-corrected chi connectivity index (χ1v) is 7.48. The zero-order valence-electron chi connectivity index (χ0n) is 12.6. The summed E-state index contributed by atoms with van der Waals surface area (Å²) >= 11 is 0. The van der Waals surface area contributed by atoms with E-state index >= 15 is 0 Å². The van der Waals surface area contributed by atoms with Crippen LogP contribution in [0.25, 0.3) is 11.1 Å². The van der Waals surface area contributed by atoms with Gasteiger partial charge < -0.3 is 0 Å². The zero-order valence-corrected chi connectivity index (χ0v) is 12.6. The topological polar surface area (TPSA) is 17.1 Å². The lowest BCUT2D eigenvalue weighted by Crippen LogP contribution is -1.88. The first kappa shape index (κ1) is 14.3. The van der Waals surface area contributed by atoms with Crippen molar-refractivity contribution in [1.29, 1.82) is 0 Å². The molecule has 1 aliphatic carbocycles. The van der Waals surface area contributed by atoms with Crippen LogP contribution in [0.15, 0.2) is 78.9 Å². The van der Waals surface area contributed by atoms with Crippen LogP contribution in [0.5, 0.6) is 0 Å². The van der Waals surface area contributed by atoms with E-state index in [9.17, 15) is 4.79 Å². The zero-order chi connectivity index (χ0) is 15.4. The highest BCUT2D eigenvalue weighted by atomic mass is 16.1. The van der Waals surface area contributed by atoms with Gasteiger partial charge >= 0.3 is 0 Å². The number of hydrogen-bond acceptors (Lipinski definition) is 1. The molecule has 1 heteroatoms. The van der Waals surface area contributed by atoms with Crippen LogP contribution < -0.4 is 0 Å². The fourth-order valence-corrected chi connectivity index (χ4v) is 2.75. The van der Waals surface area contributed by atoms with Crippen LogP contribution in [0.2, 0.25) is 0 Å². The molecule has 1 nitrogen and oxygen atoms in total. The van der Waals surface area contributed by atoms with Crippen molar-refractivity contribution >= 4 is 5.78 Å². The molecule has 0 spiro atoms. The molecular formula is C21H18O. The Kier molecular flexibility index (Phi) is 4.15. The van der Waals surface area contributed by atoms with Crippen molar-refractivity contribution in [3.8, 4) is 11.1 Å². The van der Waals surface area contributed by atoms with Crippen LogP contribution >= 0.6 is 0 Å². The second-order valence-electron chi connectivity index (χ2n) is 5.41. The van der Waals surface area contributed by atoms with Gasteiger partial charge in [-0.15, -0.1) is 0 Å². The van der Waals surface area contributed by atoms with Crippen LogP contribution in [0.4, 0.5) is 0 Å². The molecule has 0 radical (unpaired) electrons. The highest BCUT2D eigenvalue weighted by Gasteiger charge is 2.15. The van der Waals surface area contributed by atoms with Gasteiger partial charge in [0.25, 0.3) is 0 Å². The number of hydrogen-bond donors (Lipinski definition) is 0. The van der Waals surface area contributed by atoms with Gasteiger partial charge in [-0.25, -0.2) is 0 Å². The standard InChI is InChI=1S/C13H10.C8H8O/c1-3-7-12-10(5-1)9-11-6-2-4-8-13(11)12;1-7(9)8-5-3-2-4-6-8/h1-8H,9H2;2-6H,1H3. The number of fused-ring (bicyclic) bond motifs is 3. The second kappa shape index (κ2) is 6.40. The SMILES string of the molecule is CC(=O)c1ccccc1.c1ccc2c(c1)Cc1ccccc1-2. The predicted molar refractivity (Wildman–Crippen MR) is 91.1 cm³/mol. The number of carbonyl (C=O) groups is 1. The monoisotopic (exact) mass is 286 g/mol. The van der Waals surface area contributed by atoms with Gasteiger partial charge in [0.15, 0.2) is 5.78 Å². The van der Waals surface area contributed by atoms with E-state index in [-0.39, 0.29) is 5.78 Å². The van der Waals surface area contributed by atoms with Crippen LogP contribution in [0.1, 0.15) is 28.4 Å². The van der Waals surface area contributed by atoms with Crippen molar-refractivity contribution in [3.05, 3.63) is 95.6 Å². The van der Waals surface area contributed by atoms with Gasteiger partial charge in [0.05, 0.1) is 0 Å². The molecule has 0 bridgehead atoms. The van der Waals surface area contributed by atoms with Gasteiger partial charge in [-0.3, -0.25) is 4.79 Å². The summed E-state index contributed by atoms with van der Waals surface area (Å²) in [6.07, 6.45) is 1.10. The van der Waals surface area contributed by atoms with E-state index in [2.05, 4.69) is 48.5 Å². The van der Waals surface area contributed by atoms with Crippen molar-refractivity contribution in [1.82, 2.24) is 0 Å². The van der Waals surface area contributed by atoms with E-state index in [4.69, 9.17) is 0 Å². The molecule has 0 unspecified atom stereocenters. The van der Waals surface area contributed by atoms with Crippen molar-refractivity contribution in [2.24, 2.45) is 0 Å². The molecule has 0 heterocycles. The van der Waals surface area contributed by atoms with Crippen molar-refractivity contribution < 1.29 is 4.79 Å². The average Bonchev–Trinajstić information content (AvgIpc) is 2.95. The minimum absolute atomic E-state index is 0.121. The van der Waals surface area contributed by atoms with E-state index in [1.165, 1.54) is 22.3 Å². The van der Waals surface area contributed by atoms with Crippen LogP contribution in [-0.4, -0.2) is 5.78 Å². The first-order valence-electron chi connectivity index (χ1n) is 7.48. The summed E-state index contributed by atoms with van der Waals surface area (Å²) in [4.78, 5) is 10.6. The minimum atomic E-state index is 0.121. The normalized spacial score (nSPS) is 11.0. The molecule has 4 rings (SSSR count). The Morgan fingerprint density at radius 2 is 1.14 bits per heavy atom. The van der Waals surface area contributed by atoms with E-state index in [0.717, 1.165) is 12.0 Å². The molecule has 3 aromatic carbocycles. The highest BCUT2D eigenvalue weighted by molar-refractivity contribution is 5.93. The maximum Gasteiger partial charge on any atom is 0.159 e. The highest BCUT2D eigenvalue weighted by Crippen LogP contribution is 2.35. The molecule has 108 valence electrons. The lowest BCUT2D eigenvalue weighted by Gasteiger charge is -1.98. The maximum absolute atomic E-state index is 10.6. The van der Waals surface area contributed by atoms with Gasteiger partial charge in [0.2, 0.25) is 0 Å². The fraction of sp³-hybridized carbons (Fsp3) is 0.0952. The molecular weight excluding hydrogens is 268 g/mol. The first-order chi connectivity index (χ1) is 10.8. The van der Waals surface area contributed by atoms with Crippen molar-refractivity contribution in [2.45, 2.75) is 13.3 Å². The number of benzene rings is 3. The van der Waals surface area contributed by atoms with Gasteiger partial charge in [0.1, 0.15) is 0 Å². The Morgan fingerprint density at radius 3 is 1.59 bits per heavy atom. The van der Waals surface area contributed by atoms with Crippen LogP contribution in [0, 0.1) is 0 Å². The molecule has 0 amide bonds. The fourth-order valence-electron chi connectivity index (χ4n) is 2.75. The quantitative estimate of drug-likeness (QED) is 0.442. The summed E-state index contributed by atoms with van der Waals surface area (Å²) in [6, 6.07) is 26.5. The molecule has 0 aliphatic heterocycles. The van der Waals surface area contributed by atoms with Gasteiger partial charge in [-0.05, 0) is 35.6 Å². The largest absolute Gasteiger partial charge is 0.295 e. The lowest BCUT2D eigenvalue weighted by atomic mass is 10.1. The summed E-state index contributed by atoms with van der Waals surface area (Å²) in [5.41, 5.74) is 6.53. The van der Waals surface area contributed by atoms with E-state index in [1.807, 2.05) is 30.3 Å². The molecule has 0 saturated carbocycles. The van der Waals surface area contributed by atoms with E-state index in [1.54, 1.807) is 6.92 Å². The van der Waals surface area contributed by atoms with Gasteiger partial charge in [-0.1, -0.05) is 78.9 Å². The summed E-state index contributed by atoms with van der Waals surface area (Å²) < 4.78 is 0. The van der Waals surface area contributed by atoms with Crippen molar-refractivity contribution in [3.63, 3.8) is 0 Å². The number of ketones is 1. The third-order valence-corrected chi connectivity index (χ3v) is 3.89. The molecule has 0 atom stereocenters. The second-order valence-corrected chi connectivity index (χ2v) is 5.41. The molecule has 0 saturated heterocycles. The number of carbonyl (C=O) groups excluding carboxylic acids is 1. The predicted octanol–water partition coefficient (Wildman–Crippen LogP) is 5.15. The minimum Gasteiger partial charge on any atom is -0.295 e. The van der Waals surface area contributed by atoms with Gasteiger partial charge in [-0.2, -0.15) is 0 Å². The van der Waals surface area contributed by atoms with E-state index < -0.39 is 0 Å². The summed E-state index contributed by atoms with van der Waals surface area (Å²) in [5, 5.41) is 0. The number of Topliss-reactive ketones (excluding diaryl/α,β-unsaturated/α-hetero) is 1. The summed E-state index contributed by atoms with van der Waals surface area (Å²) in [7, 11) is 0. The molecule has 0 fully saturated rings. The average molecular weight is 286 g/mol. The van der Waals surface area contributed by atoms with Crippen LogP contribution in [-0.2, 0) is 6.42 Å². The smallest absolute Gasteiger partial charge is 0.159 e. The Labute approximate surface area is 131 Å². The van der Waals surface area contributed by atoms with Crippen molar-refractivity contribution in [2.75, 3.05) is 0 Å². The van der Waals surface area contributed by atoms with E-state index in [0.29, 0.717) is 0 Å². The molecule has 0 N–H and O–H groups in total. The molecule has 3 aromatic rings.